The van der Waals surface area contributed by atoms with Crippen LogP contribution in [0.15, 0.2) is 24.3 Å². The van der Waals surface area contributed by atoms with Gasteiger partial charge in [0, 0.05) is 16.9 Å². The Balaban J connectivity index is 1.95. The lowest BCUT2D eigenvalue weighted by atomic mass is 10.0. The van der Waals surface area contributed by atoms with Gasteiger partial charge in [-0.25, -0.2) is 0 Å². The zero-order chi connectivity index (χ0) is 13.1. The van der Waals surface area contributed by atoms with Crippen LogP contribution >= 0.6 is 15.9 Å². The first-order valence-corrected chi connectivity index (χ1v) is 7.14. The van der Waals surface area contributed by atoms with Gasteiger partial charge in [0.25, 0.3) is 0 Å². The van der Waals surface area contributed by atoms with E-state index < -0.39 is 0 Å². The highest BCUT2D eigenvalue weighted by molar-refractivity contribution is 9.09. The molecule has 0 saturated heterocycles. The Morgan fingerprint density at radius 3 is 2.94 bits per heavy atom. The zero-order valence-electron chi connectivity index (χ0n) is 10.7. The first-order valence-electron chi connectivity index (χ1n) is 6.23. The number of halogens is 1. The summed E-state index contributed by atoms with van der Waals surface area (Å²) in [7, 11) is 0. The van der Waals surface area contributed by atoms with Gasteiger partial charge in [-0.15, -0.1) is 0 Å². The van der Waals surface area contributed by atoms with Crippen LogP contribution < -0.4 is 10.1 Å². The first kappa shape index (κ1) is 13.4. The molecule has 0 saturated carbocycles. The van der Waals surface area contributed by atoms with Crippen molar-refractivity contribution in [3.05, 3.63) is 29.8 Å². The minimum absolute atomic E-state index is 0.0463. The molecule has 2 rings (SSSR count). The lowest BCUT2D eigenvalue weighted by Gasteiger charge is -2.16. The molecule has 0 radical (unpaired) electrons. The number of nitrogens with one attached hydrogen (secondary N) is 1. The molecule has 4 heteroatoms. The van der Waals surface area contributed by atoms with E-state index >= 15 is 0 Å². The predicted octanol–water partition coefficient (Wildman–Crippen LogP) is 2.70. The van der Waals surface area contributed by atoms with Crippen LogP contribution in [0.2, 0.25) is 0 Å². The molecule has 1 aliphatic heterocycles. The number of amides is 1. The molecular weight excluding hydrogens is 294 g/mol. The minimum Gasteiger partial charge on any atom is -0.492 e. The van der Waals surface area contributed by atoms with E-state index in [1.807, 2.05) is 24.3 Å². The van der Waals surface area contributed by atoms with Gasteiger partial charge in [0.1, 0.15) is 18.3 Å². The molecule has 1 N–H and O–H groups in total. The molecule has 1 aromatic rings. The molecule has 3 nitrogen and oxygen atoms in total. The third-order valence-corrected chi connectivity index (χ3v) is 4.59. The summed E-state index contributed by atoms with van der Waals surface area (Å²) in [5.41, 5.74) is 0.991. The second kappa shape index (κ2) is 5.74. The van der Waals surface area contributed by atoms with Crippen LogP contribution in [0.3, 0.4) is 0 Å². The number of hydrogen-bond donors (Lipinski definition) is 1. The molecule has 98 valence electrons. The fourth-order valence-electron chi connectivity index (χ4n) is 1.94. The van der Waals surface area contributed by atoms with Crippen LogP contribution in [0.1, 0.15) is 25.3 Å². The fourth-order valence-corrected chi connectivity index (χ4v) is 2.10. The van der Waals surface area contributed by atoms with Crippen molar-refractivity contribution in [1.29, 1.82) is 0 Å². The summed E-state index contributed by atoms with van der Waals surface area (Å²) in [6, 6.07) is 7.73. The van der Waals surface area contributed by atoms with Gasteiger partial charge in [-0.3, -0.25) is 4.79 Å². The molecule has 0 aromatic heterocycles. The number of carbonyl (C=O) groups is 1. The van der Waals surface area contributed by atoms with Gasteiger partial charge in [0.2, 0.25) is 5.91 Å². The molecule has 0 fully saturated rings. The molecule has 0 bridgehead atoms. The van der Waals surface area contributed by atoms with E-state index in [0.717, 1.165) is 11.3 Å². The van der Waals surface area contributed by atoms with Gasteiger partial charge in [0.05, 0.1) is 0 Å². The third kappa shape index (κ3) is 2.86. The Morgan fingerprint density at radius 2 is 2.22 bits per heavy atom. The molecular formula is C14H18BrNO2. The van der Waals surface area contributed by atoms with Crippen LogP contribution in [0.25, 0.3) is 0 Å². The van der Waals surface area contributed by atoms with E-state index in [0.29, 0.717) is 23.9 Å². The van der Waals surface area contributed by atoms with Gasteiger partial charge >= 0.3 is 0 Å². The van der Waals surface area contributed by atoms with Crippen molar-refractivity contribution in [3.63, 3.8) is 0 Å². The van der Waals surface area contributed by atoms with E-state index in [9.17, 15) is 4.79 Å². The highest BCUT2D eigenvalue weighted by Crippen LogP contribution is 2.33. The Labute approximate surface area is 116 Å². The maximum atomic E-state index is 12.1. The lowest BCUT2D eigenvalue weighted by molar-refractivity contribution is -0.122. The van der Waals surface area contributed by atoms with Crippen molar-refractivity contribution in [1.82, 2.24) is 5.32 Å². The molecule has 0 aliphatic carbocycles. The summed E-state index contributed by atoms with van der Waals surface area (Å²) < 4.78 is 5.51. The Morgan fingerprint density at radius 1 is 1.50 bits per heavy atom. The van der Waals surface area contributed by atoms with Crippen LogP contribution in [0.5, 0.6) is 5.75 Å². The molecule has 18 heavy (non-hydrogen) atoms. The monoisotopic (exact) mass is 311 g/mol. The summed E-state index contributed by atoms with van der Waals surface area (Å²) >= 11 is 3.57. The Kier molecular flexibility index (Phi) is 4.27. The molecule has 2 atom stereocenters. The number of rotatable bonds is 4. The van der Waals surface area contributed by atoms with Gasteiger partial charge in [-0.05, 0) is 12.0 Å². The molecule has 1 aromatic carbocycles. The van der Waals surface area contributed by atoms with Crippen LogP contribution in [0.4, 0.5) is 0 Å². The maximum Gasteiger partial charge on any atom is 0.231 e. The Bertz CT molecular complexity index is 434. The Hall–Kier alpha value is -1.03. The van der Waals surface area contributed by atoms with Crippen molar-refractivity contribution in [2.24, 2.45) is 5.92 Å². The van der Waals surface area contributed by atoms with Crippen molar-refractivity contribution in [3.8, 4) is 5.75 Å². The molecule has 1 heterocycles. The standard InChI is InChI=1S/C14H18BrNO2/c1-9(2)12(15)7-16-14(17)11-8-18-13-6-4-3-5-10(11)13/h3-6,9,11-12H,7-8H2,1-2H3,(H,16,17). The van der Waals surface area contributed by atoms with Gasteiger partial charge in [0.15, 0.2) is 0 Å². The average molecular weight is 312 g/mol. The average Bonchev–Trinajstić information content (AvgIpc) is 2.79. The number of alkyl halides is 1. The zero-order valence-corrected chi connectivity index (χ0v) is 12.2. The number of fused-ring (bicyclic) bond motifs is 1. The number of benzene rings is 1. The minimum atomic E-state index is -0.173. The maximum absolute atomic E-state index is 12.1. The largest absolute Gasteiger partial charge is 0.492 e. The summed E-state index contributed by atoms with van der Waals surface area (Å²) in [5.74, 6) is 1.20. The molecule has 1 aliphatic rings. The van der Waals surface area contributed by atoms with Gasteiger partial charge in [-0.1, -0.05) is 48.0 Å². The molecule has 0 spiro atoms. The fraction of sp³-hybridized carbons (Fsp3) is 0.500. The topological polar surface area (TPSA) is 38.3 Å². The summed E-state index contributed by atoms with van der Waals surface area (Å²) in [5, 5.41) is 2.98. The second-order valence-electron chi connectivity index (χ2n) is 4.91. The van der Waals surface area contributed by atoms with Crippen LogP contribution in [-0.4, -0.2) is 23.9 Å². The van der Waals surface area contributed by atoms with E-state index in [-0.39, 0.29) is 11.8 Å². The lowest BCUT2D eigenvalue weighted by Crippen LogP contribution is -2.35. The normalized spacial score (nSPS) is 19.2. The summed E-state index contributed by atoms with van der Waals surface area (Å²) in [6.07, 6.45) is 0. The van der Waals surface area contributed by atoms with Gasteiger partial charge in [-0.2, -0.15) is 0 Å². The van der Waals surface area contributed by atoms with Crippen molar-refractivity contribution in [2.45, 2.75) is 24.6 Å². The number of para-hydroxylation sites is 1. The van der Waals surface area contributed by atoms with E-state index in [2.05, 4.69) is 35.1 Å². The van der Waals surface area contributed by atoms with Crippen molar-refractivity contribution in [2.75, 3.05) is 13.2 Å². The predicted molar refractivity (Wildman–Crippen MR) is 75.2 cm³/mol. The number of hydrogen-bond acceptors (Lipinski definition) is 2. The number of carbonyl (C=O) groups excluding carboxylic acids is 1. The summed E-state index contributed by atoms with van der Waals surface area (Å²) in [6.45, 7) is 5.34. The number of ether oxygens (including phenoxy) is 1. The third-order valence-electron chi connectivity index (χ3n) is 3.21. The molecule has 2 unspecified atom stereocenters. The van der Waals surface area contributed by atoms with Crippen molar-refractivity contribution >= 4 is 21.8 Å². The molecule has 1 amide bonds. The summed E-state index contributed by atoms with van der Waals surface area (Å²) in [4.78, 5) is 12.4. The van der Waals surface area contributed by atoms with E-state index in [1.54, 1.807) is 0 Å². The van der Waals surface area contributed by atoms with E-state index in [4.69, 9.17) is 4.74 Å². The smallest absolute Gasteiger partial charge is 0.231 e. The first-order chi connectivity index (χ1) is 8.59. The van der Waals surface area contributed by atoms with E-state index in [1.165, 1.54) is 0 Å². The highest BCUT2D eigenvalue weighted by Gasteiger charge is 2.30. The van der Waals surface area contributed by atoms with Crippen molar-refractivity contribution < 1.29 is 9.53 Å². The van der Waals surface area contributed by atoms with Crippen LogP contribution in [-0.2, 0) is 4.79 Å². The highest BCUT2D eigenvalue weighted by atomic mass is 79.9. The SMILES string of the molecule is CC(C)C(Br)CNC(=O)C1COc2ccccc21. The van der Waals surface area contributed by atoms with Gasteiger partial charge < -0.3 is 10.1 Å². The second-order valence-corrected chi connectivity index (χ2v) is 6.08. The quantitative estimate of drug-likeness (QED) is 0.868. The van der Waals surface area contributed by atoms with Crippen LogP contribution in [0, 0.1) is 5.92 Å².